The number of benzene rings is 1. The van der Waals surface area contributed by atoms with Crippen molar-refractivity contribution >= 4 is 19.4 Å². The third-order valence-corrected chi connectivity index (χ3v) is 1.86. The molecule has 2 N–H and O–H groups in total. The molecule has 0 saturated carbocycles. The Bertz CT molecular complexity index is 403. The van der Waals surface area contributed by atoms with Crippen LogP contribution >= 0.6 is 0 Å². The highest BCUT2D eigenvalue weighted by atomic mass is 16.2. The predicted molar refractivity (Wildman–Crippen MR) is 61.5 cm³/mol. The number of H-pyrrole nitrogens is 1. The van der Waals surface area contributed by atoms with Crippen LogP contribution in [0.2, 0.25) is 0 Å². The zero-order valence-corrected chi connectivity index (χ0v) is 7.07. The molecule has 0 saturated heterocycles. The van der Waals surface area contributed by atoms with E-state index in [-0.39, 0.29) is 8.41 Å². The van der Waals surface area contributed by atoms with E-state index in [0.29, 0.717) is 6.42 Å². The first-order valence-corrected chi connectivity index (χ1v) is 4.13. The molecule has 4 heteroatoms. The van der Waals surface area contributed by atoms with Gasteiger partial charge in [-0.3, -0.25) is 0 Å². The third kappa shape index (κ3) is 1.96. The molecular formula is C10H13BN2O. The standard InChI is InChI=1S/C10H10N2O.BH3/c13-7-3-6-10-11-8-4-1-2-5-9(8)12-10;/h1-5,7,13H,6H2,(H,11,12);1H3. The van der Waals surface area contributed by atoms with Crippen LogP contribution in [0.3, 0.4) is 0 Å². The number of nitrogens with zero attached hydrogens (tertiary/aromatic N) is 1. The molecule has 0 radical (unpaired) electrons. The zero-order valence-electron chi connectivity index (χ0n) is 7.07. The van der Waals surface area contributed by atoms with Gasteiger partial charge in [-0.2, -0.15) is 0 Å². The van der Waals surface area contributed by atoms with Crippen molar-refractivity contribution in [2.75, 3.05) is 0 Å². The average Bonchev–Trinajstić information content (AvgIpc) is 2.57. The number of aliphatic hydroxyl groups excluding tert-OH is 1. The van der Waals surface area contributed by atoms with Gasteiger partial charge in [0.05, 0.1) is 25.7 Å². The van der Waals surface area contributed by atoms with Gasteiger partial charge in [0.25, 0.3) is 0 Å². The van der Waals surface area contributed by atoms with Gasteiger partial charge in [-0.1, -0.05) is 12.1 Å². The van der Waals surface area contributed by atoms with E-state index >= 15 is 0 Å². The van der Waals surface area contributed by atoms with Crippen LogP contribution in [-0.2, 0) is 6.42 Å². The lowest BCUT2D eigenvalue weighted by molar-refractivity contribution is 0.471. The average molecular weight is 188 g/mol. The van der Waals surface area contributed by atoms with Crippen LogP contribution in [0.1, 0.15) is 5.82 Å². The Hall–Kier alpha value is -1.71. The summed E-state index contributed by atoms with van der Waals surface area (Å²) in [4.78, 5) is 7.49. The number of para-hydroxylation sites is 2. The summed E-state index contributed by atoms with van der Waals surface area (Å²) in [5, 5.41) is 8.48. The summed E-state index contributed by atoms with van der Waals surface area (Å²) < 4.78 is 0. The van der Waals surface area contributed by atoms with Gasteiger partial charge in [0.1, 0.15) is 5.82 Å². The first-order valence-electron chi connectivity index (χ1n) is 4.13. The number of nitrogens with one attached hydrogen (secondary N) is 1. The third-order valence-electron chi connectivity index (χ3n) is 1.86. The highest BCUT2D eigenvalue weighted by molar-refractivity contribution is 5.75. The largest absolute Gasteiger partial charge is 0.516 e. The van der Waals surface area contributed by atoms with E-state index in [1.807, 2.05) is 24.3 Å². The lowest BCUT2D eigenvalue weighted by atomic mass is 10.3. The number of fused-ring (bicyclic) bond motifs is 1. The monoisotopic (exact) mass is 188 g/mol. The highest BCUT2D eigenvalue weighted by Gasteiger charge is 1.98. The SMILES string of the molecule is B.OC=CCc1nc2ccccc2[nH]1. The Morgan fingerprint density at radius 1 is 1.36 bits per heavy atom. The number of hydrogen-bond acceptors (Lipinski definition) is 2. The summed E-state index contributed by atoms with van der Waals surface area (Å²) in [5.41, 5.74) is 1.99. The van der Waals surface area contributed by atoms with Crippen molar-refractivity contribution < 1.29 is 5.11 Å². The van der Waals surface area contributed by atoms with Crippen molar-refractivity contribution in [2.45, 2.75) is 6.42 Å². The predicted octanol–water partition coefficient (Wildman–Crippen LogP) is 0.993. The number of aromatic nitrogens is 2. The van der Waals surface area contributed by atoms with E-state index in [1.54, 1.807) is 6.08 Å². The van der Waals surface area contributed by atoms with Crippen LogP contribution in [0.4, 0.5) is 0 Å². The van der Waals surface area contributed by atoms with Gasteiger partial charge < -0.3 is 10.1 Å². The molecule has 0 fully saturated rings. The molecule has 2 aromatic rings. The van der Waals surface area contributed by atoms with Crippen molar-refractivity contribution in [3.05, 3.63) is 42.4 Å². The van der Waals surface area contributed by atoms with Gasteiger partial charge in [0.15, 0.2) is 0 Å². The second-order valence-corrected chi connectivity index (χ2v) is 2.79. The number of aromatic amines is 1. The molecule has 0 aliphatic carbocycles. The lowest BCUT2D eigenvalue weighted by Crippen LogP contribution is -1.82. The van der Waals surface area contributed by atoms with Gasteiger partial charge in [0.2, 0.25) is 0 Å². The zero-order chi connectivity index (χ0) is 9.10. The van der Waals surface area contributed by atoms with Crippen molar-refractivity contribution in [3.63, 3.8) is 0 Å². The Morgan fingerprint density at radius 3 is 2.86 bits per heavy atom. The van der Waals surface area contributed by atoms with Crippen LogP contribution in [0.25, 0.3) is 11.0 Å². The van der Waals surface area contributed by atoms with Gasteiger partial charge in [0, 0.05) is 6.42 Å². The van der Waals surface area contributed by atoms with E-state index in [2.05, 4.69) is 9.97 Å². The maximum Gasteiger partial charge on any atom is 0.111 e. The molecule has 0 aliphatic heterocycles. The molecule has 14 heavy (non-hydrogen) atoms. The van der Waals surface area contributed by atoms with E-state index in [1.165, 1.54) is 0 Å². The van der Waals surface area contributed by atoms with Gasteiger partial charge in [-0.15, -0.1) is 0 Å². The van der Waals surface area contributed by atoms with Crippen LogP contribution in [0.15, 0.2) is 36.6 Å². The minimum atomic E-state index is 0. The summed E-state index contributed by atoms with van der Waals surface area (Å²) in [5.74, 6) is 0.867. The van der Waals surface area contributed by atoms with Gasteiger partial charge in [-0.25, -0.2) is 4.98 Å². The summed E-state index contributed by atoms with van der Waals surface area (Å²) in [7, 11) is 0. The van der Waals surface area contributed by atoms with Crippen LogP contribution in [-0.4, -0.2) is 23.5 Å². The van der Waals surface area contributed by atoms with Crippen molar-refractivity contribution in [1.29, 1.82) is 0 Å². The number of rotatable bonds is 2. The fourth-order valence-electron chi connectivity index (χ4n) is 1.27. The first kappa shape index (κ1) is 10.4. The van der Waals surface area contributed by atoms with E-state index < -0.39 is 0 Å². The fraction of sp³-hybridized carbons (Fsp3) is 0.100. The van der Waals surface area contributed by atoms with Crippen LogP contribution in [0, 0.1) is 0 Å². The van der Waals surface area contributed by atoms with Crippen molar-refractivity contribution in [2.24, 2.45) is 0 Å². The minimum Gasteiger partial charge on any atom is -0.516 e. The van der Waals surface area contributed by atoms with Crippen LogP contribution < -0.4 is 0 Å². The van der Waals surface area contributed by atoms with Crippen molar-refractivity contribution in [3.8, 4) is 0 Å². The summed E-state index contributed by atoms with van der Waals surface area (Å²) in [6.45, 7) is 0. The molecule has 0 unspecified atom stereocenters. The molecular weight excluding hydrogens is 175 g/mol. The molecule has 72 valence electrons. The second kappa shape index (κ2) is 4.51. The second-order valence-electron chi connectivity index (χ2n) is 2.79. The lowest BCUT2D eigenvalue weighted by Gasteiger charge is -1.84. The molecule has 0 amide bonds. The van der Waals surface area contributed by atoms with Crippen molar-refractivity contribution in [1.82, 2.24) is 9.97 Å². The topological polar surface area (TPSA) is 48.9 Å². The van der Waals surface area contributed by atoms with E-state index in [4.69, 9.17) is 5.11 Å². The van der Waals surface area contributed by atoms with Gasteiger partial charge in [-0.05, 0) is 18.2 Å². The maximum atomic E-state index is 8.48. The van der Waals surface area contributed by atoms with Crippen LogP contribution in [0.5, 0.6) is 0 Å². The molecule has 1 heterocycles. The maximum absolute atomic E-state index is 8.48. The summed E-state index contributed by atoms with van der Waals surface area (Å²) >= 11 is 0. The molecule has 2 rings (SSSR count). The highest BCUT2D eigenvalue weighted by Crippen LogP contribution is 2.10. The molecule has 0 aliphatic rings. The number of allylic oxidation sites excluding steroid dienone is 1. The van der Waals surface area contributed by atoms with E-state index in [9.17, 15) is 0 Å². The Morgan fingerprint density at radius 2 is 2.14 bits per heavy atom. The normalized spacial score (nSPS) is 10.6. The Balaban J connectivity index is 0.000000980. The molecule has 1 aromatic carbocycles. The molecule has 0 bridgehead atoms. The molecule has 0 atom stereocenters. The fourth-order valence-corrected chi connectivity index (χ4v) is 1.27. The molecule has 3 nitrogen and oxygen atoms in total. The minimum absolute atomic E-state index is 0. The quantitative estimate of drug-likeness (QED) is 0.545. The summed E-state index contributed by atoms with van der Waals surface area (Å²) in [6.07, 6.45) is 3.32. The summed E-state index contributed by atoms with van der Waals surface area (Å²) in [6, 6.07) is 7.85. The van der Waals surface area contributed by atoms with E-state index in [0.717, 1.165) is 23.1 Å². The Labute approximate surface area is 84.1 Å². The number of hydrogen-bond donors (Lipinski definition) is 2. The van der Waals surface area contributed by atoms with Gasteiger partial charge >= 0.3 is 0 Å². The smallest absolute Gasteiger partial charge is 0.111 e. The molecule has 1 aromatic heterocycles. The first-order chi connectivity index (χ1) is 6.40. The Kier molecular flexibility index (Phi) is 3.34. The number of imidazole rings is 1. The molecule has 0 spiro atoms. The number of aliphatic hydroxyl groups is 1.